The van der Waals surface area contributed by atoms with Gasteiger partial charge < -0.3 is 0 Å². The van der Waals surface area contributed by atoms with E-state index in [4.69, 9.17) is 0 Å². The third-order valence-corrected chi connectivity index (χ3v) is 1.17. The molecule has 1 fully saturated rings. The highest BCUT2D eigenvalue weighted by Gasteiger charge is 2.08. The Morgan fingerprint density at radius 1 is 1.50 bits per heavy atom. The normalized spacial score (nSPS) is 23.5. The van der Waals surface area contributed by atoms with Gasteiger partial charge in [-0.3, -0.25) is 5.43 Å². The Labute approximate surface area is 38.1 Å². The molecule has 36 valence electrons. The summed E-state index contributed by atoms with van der Waals surface area (Å²) in [5.74, 6) is 0. The summed E-state index contributed by atoms with van der Waals surface area (Å²) in [4.78, 5) is 0. The van der Waals surface area contributed by atoms with Crippen LogP contribution in [0.5, 0.6) is 0 Å². The second kappa shape index (κ2) is 1.58. The van der Waals surface area contributed by atoms with Crippen molar-refractivity contribution in [2.24, 2.45) is 0 Å². The predicted octanol–water partition coefficient (Wildman–Crippen LogP) is -0.173. The Kier molecular flexibility index (Phi) is 1.08. The summed E-state index contributed by atoms with van der Waals surface area (Å²) < 4.78 is 0. The monoisotopic (exact) mass is 86.1 g/mol. The van der Waals surface area contributed by atoms with Gasteiger partial charge >= 0.3 is 0 Å². The van der Waals surface area contributed by atoms with Crippen LogP contribution in [-0.2, 0) is 0 Å². The molecule has 0 aromatic carbocycles. The van der Waals surface area contributed by atoms with E-state index in [0.29, 0.717) is 0 Å². The highest BCUT2D eigenvalue weighted by atomic mass is 15.5. The van der Waals surface area contributed by atoms with Crippen LogP contribution in [0.2, 0.25) is 0 Å². The average Bonchev–Trinajstić information content (AvgIpc) is 1.31. The summed E-state index contributed by atoms with van der Waals surface area (Å²) in [6.45, 7) is 2.47. The summed E-state index contributed by atoms with van der Waals surface area (Å²) in [5, 5.41) is 2.18. The third kappa shape index (κ3) is 0.533. The SMILES string of the molecule is CNN1CCC1. The lowest BCUT2D eigenvalue weighted by atomic mass is 10.3. The van der Waals surface area contributed by atoms with Crippen LogP contribution < -0.4 is 5.43 Å². The highest BCUT2D eigenvalue weighted by molar-refractivity contribution is 4.60. The van der Waals surface area contributed by atoms with E-state index >= 15 is 0 Å². The van der Waals surface area contributed by atoms with Gasteiger partial charge in [-0.15, -0.1) is 0 Å². The summed E-state index contributed by atoms with van der Waals surface area (Å²) >= 11 is 0. The molecule has 1 aliphatic heterocycles. The van der Waals surface area contributed by atoms with Crippen molar-refractivity contribution in [1.29, 1.82) is 0 Å². The molecule has 0 saturated carbocycles. The first-order valence-electron chi connectivity index (χ1n) is 2.36. The number of nitrogens with one attached hydrogen (secondary N) is 1. The smallest absolute Gasteiger partial charge is 0.0143 e. The van der Waals surface area contributed by atoms with Crippen molar-refractivity contribution in [2.75, 3.05) is 20.1 Å². The zero-order valence-electron chi connectivity index (χ0n) is 4.07. The van der Waals surface area contributed by atoms with Gasteiger partial charge in [0.15, 0.2) is 0 Å². The fourth-order valence-corrected chi connectivity index (χ4v) is 0.540. The van der Waals surface area contributed by atoms with Crippen LogP contribution in [0.3, 0.4) is 0 Å². The van der Waals surface area contributed by atoms with Crippen LogP contribution in [0, 0.1) is 0 Å². The number of hydrogen-bond donors (Lipinski definition) is 1. The zero-order chi connectivity index (χ0) is 4.41. The second-order valence-corrected chi connectivity index (χ2v) is 1.56. The van der Waals surface area contributed by atoms with Crippen molar-refractivity contribution in [3.05, 3.63) is 0 Å². The molecule has 1 rings (SSSR count). The maximum atomic E-state index is 3.03. The van der Waals surface area contributed by atoms with Crippen molar-refractivity contribution < 1.29 is 0 Å². The van der Waals surface area contributed by atoms with Crippen LogP contribution in [0.4, 0.5) is 0 Å². The minimum absolute atomic E-state index is 1.23. The molecule has 0 bridgehead atoms. The maximum absolute atomic E-state index is 3.03. The topological polar surface area (TPSA) is 15.3 Å². The van der Waals surface area contributed by atoms with E-state index in [0.717, 1.165) is 0 Å². The predicted molar refractivity (Wildman–Crippen MR) is 25.2 cm³/mol. The van der Waals surface area contributed by atoms with Gasteiger partial charge in [0.1, 0.15) is 0 Å². The molecule has 0 aliphatic carbocycles. The molecule has 0 atom stereocenters. The van der Waals surface area contributed by atoms with Gasteiger partial charge in [0, 0.05) is 13.1 Å². The minimum atomic E-state index is 1.23. The highest BCUT2D eigenvalue weighted by Crippen LogP contribution is 1.98. The molecule has 2 heteroatoms. The number of hydrogen-bond acceptors (Lipinski definition) is 2. The van der Waals surface area contributed by atoms with Crippen molar-refractivity contribution >= 4 is 0 Å². The standard InChI is InChI=1S/C4H10N2/c1-5-6-3-2-4-6/h5H,2-4H2,1H3. The summed E-state index contributed by atoms with van der Waals surface area (Å²) in [6, 6.07) is 0. The lowest BCUT2D eigenvalue weighted by molar-refractivity contribution is 0.124. The van der Waals surface area contributed by atoms with Crippen LogP contribution in [0.15, 0.2) is 0 Å². The lowest BCUT2D eigenvalue weighted by Gasteiger charge is -2.28. The molecule has 6 heavy (non-hydrogen) atoms. The number of nitrogens with zero attached hydrogens (tertiary/aromatic N) is 1. The Bertz CT molecular complexity index is 38.1. The number of rotatable bonds is 1. The van der Waals surface area contributed by atoms with Crippen LogP contribution in [0.1, 0.15) is 6.42 Å². The fourth-order valence-electron chi connectivity index (χ4n) is 0.540. The van der Waals surface area contributed by atoms with E-state index in [9.17, 15) is 0 Å². The molecule has 0 spiro atoms. The van der Waals surface area contributed by atoms with Crippen LogP contribution in [0.25, 0.3) is 0 Å². The van der Waals surface area contributed by atoms with E-state index < -0.39 is 0 Å². The molecule has 1 aliphatic rings. The van der Waals surface area contributed by atoms with E-state index in [1.54, 1.807) is 0 Å². The third-order valence-electron chi connectivity index (χ3n) is 1.17. The van der Waals surface area contributed by atoms with Crippen LogP contribution >= 0.6 is 0 Å². The van der Waals surface area contributed by atoms with Gasteiger partial charge in [-0.2, -0.15) is 0 Å². The van der Waals surface area contributed by atoms with E-state index in [2.05, 4.69) is 10.4 Å². The zero-order valence-corrected chi connectivity index (χ0v) is 4.07. The quantitative estimate of drug-likeness (QED) is 0.476. The first kappa shape index (κ1) is 4.09. The van der Waals surface area contributed by atoms with Crippen molar-refractivity contribution in [3.63, 3.8) is 0 Å². The molecule has 0 amide bonds. The maximum Gasteiger partial charge on any atom is 0.0143 e. The lowest BCUT2D eigenvalue weighted by Crippen LogP contribution is -2.45. The van der Waals surface area contributed by atoms with Crippen molar-refractivity contribution in [3.8, 4) is 0 Å². The Morgan fingerprint density at radius 3 is 2.17 bits per heavy atom. The molecule has 1 saturated heterocycles. The fraction of sp³-hybridized carbons (Fsp3) is 1.00. The summed E-state index contributed by atoms with van der Waals surface area (Å²) in [6.07, 6.45) is 1.36. The Balaban J connectivity index is 2.01. The van der Waals surface area contributed by atoms with Crippen LogP contribution in [-0.4, -0.2) is 25.1 Å². The largest absolute Gasteiger partial charge is 0.258 e. The van der Waals surface area contributed by atoms with Gasteiger partial charge in [-0.05, 0) is 13.5 Å². The molecule has 1 N–H and O–H groups in total. The molecule has 0 aromatic heterocycles. The molecule has 0 radical (unpaired) electrons. The molecule has 1 heterocycles. The van der Waals surface area contributed by atoms with Crippen molar-refractivity contribution in [2.45, 2.75) is 6.42 Å². The molecule has 0 unspecified atom stereocenters. The van der Waals surface area contributed by atoms with E-state index in [1.807, 2.05) is 7.05 Å². The van der Waals surface area contributed by atoms with Gasteiger partial charge in [0.05, 0.1) is 0 Å². The van der Waals surface area contributed by atoms with Gasteiger partial charge in [-0.25, -0.2) is 5.01 Å². The Morgan fingerprint density at radius 2 is 2.17 bits per heavy atom. The average molecular weight is 86.1 g/mol. The van der Waals surface area contributed by atoms with E-state index in [-0.39, 0.29) is 0 Å². The Hall–Kier alpha value is -0.0800. The van der Waals surface area contributed by atoms with Gasteiger partial charge in [-0.1, -0.05) is 0 Å². The van der Waals surface area contributed by atoms with Crippen molar-refractivity contribution in [1.82, 2.24) is 10.4 Å². The first-order chi connectivity index (χ1) is 2.93. The number of hydrazine groups is 1. The molecular weight excluding hydrogens is 76.1 g/mol. The van der Waals surface area contributed by atoms with Gasteiger partial charge in [0.2, 0.25) is 0 Å². The summed E-state index contributed by atoms with van der Waals surface area (Å²) in [7, 11) is 1.96. The molecule has 2 nitrogen and oxygen atoms in total. The first-order valence-corrected chi connectivity index (χ1v) is 2.36. The molecular formula is C4H10N2. The van der Waals surface area contributed by atoms with E-state index in [1.165, 1.54) is 19.5 Å². The minimum Gasteiger partial charge on any atom is -0.258 e. The second-order valence-electron chi connectivity index (χ2n) is 1.56. The van der Waals surface area contributed by atoms with Gasteiger partial charge in [0.25, 0.3) is 0 Å². The molecule has 0 aromatic rings. The summed E-state index contributed by atoms with van der Waals surface area (Å²) in [5.41, 5.74) is 3.03.